The summed E-state index contributed by atoms with van der Waals surface area (Å²) in [7, 11) is 1.74. The minimum absolute atomic E-state index is 0.149. The van der Waals surface area contributed by atoms with Gasteiger partial charge in [-0.1, -0.05) is 6.07 Å². The molecule has 3 rings (SSSR count). The first-order valence-corrected chi connectivity index (χ1v) is 8.77. The molecule has 0 unspecified atom stereocenters. The number of likely N-dealkylation sites (tertiary alicyclic amines) is 1. The van der Waals surface area contributed by atoms with E-state index in [-0.39, 0.29) is 12.0 Å². The van der Waals surface area contributed by atoms with Gasteiger partial charge < -0.3 is 14.4 Å². The minimum Gasteiger partial charge on any atom is -0.383 e. The van der Waals surface area contributed by atoms with Crippen molar-refractivity contribution in [3.05, 3.63) is 30.1 Å². The summed E-state index contributed by atoms with van der Waals surface area (Å²) in [5.74, 6) is 0.652. The number of methoxy groups -OCH3 is 1. The maximum Gasteiger partial charge on any atom is 0.228 e. The van der Waals surface area contributed by atoms with Gasteiger partial charge >= 0.3 is 0 Å². The smallest absolute Gasteiger partial charge is 0.228 e. The maximum absolute atomic E-state index is 12.5. The van der Waals surface area contributed by atoms with Crippen molar-refractivity contribution in [2.45, 2.75) is 18.9 Å². The van der Waals surface area contributed by atoms with Gasteiger partial charge in [0.25, 0.3) is 0 Å². The Balaban J connectivity index is 1.53. The van der Waals surface area contributed by atoms with E-state index in [1.165, 1.54) is 0 Å². The first-order valence-electron chi connectivity index (χ1n) is 8.77. The number of nitrogens with zero attached hydrogens (tertiary/aromatic N) is 3. The van der Waals surface area contributed by atoms with Crippen molar-refractivity contribution in [2.24, 2.45) is 5.92 Å². The number of carbonyl (C=O) groups excluding carboxylic acids is 1. The van der Waals surface area contributed by atoms with Gasteiger partial charge in [0.15, 0.2) is 0 Å². The Morgan fingerprint density at radius 3 is 3.08 bits per heavy atom. The molecule has 0 bridgehead atoms. The summed E-state index contributed by atoms with van der Waals surface area (Å²) in [6.45, 7) is 5.93. The lowest BCUT2D eigenvalue weighted by Gasteiger charge is -2.38. The lowest BCUT2D eigenvalue weighted by molar-refractivity contribution is -0.136. The van der Waals surface area contributed by atoms with Gasteiger partial charge in [-0.3, -0.25) is 14.7 Å². The molecule has 6 heteroatoms. The SMILES string of the molecule is COCCN1CCO[C@H]2CN(C(=O)Cc3ccccn3)CC[C@H]2C1. The molecule has 0 aliphatic carbocycles. The largest absolute Gasteiger partial charge is 0.383 e. The van der Waals surface area contributed by atoms with Crippen LogP contribution in [0.25, 0.3) is 0 Å². The molecule has 0 saturated carbocycles. The Bertz CT molecular complexity index is 526. The van der Waals surface area contributed by atoms with Crippen molar-refractivity contribution in [1.82, 2.24) is 14.8 Å². The molecule has 2 aliphatic rings. The summed E-state index contributed by atoms with van der Waals surface area (Å²) >= 11 is 0. The lowest BCUT2D eigenvalue weighted by Crippen LogP contribution is -2.49. The third-order valence-corrected chi connectivity index (χ3v) is 4.95. The first kappa shape index (κ1) is 17.3. The maximum atomic E-state index is 12.5. The molecule has 0 aromatic carbocycles. The molecular formula is C18H27N3O3. The number of aromatic nitrogens is 1. The number of pyridine rings is 1. The van der Waals surface area contributed by atoms with Crippen LogP contribution in [0.1, 0.15) is 12.1 Å². The molecular weight excluding hydrogens is 306 g/mol. The topological polar surface area (TPSA) is 54.9 Å². The van der Waals surface area contributed by atoms with Crippen LogP contribution in [-0.2, 0) is 20.7 Å². The van der Waals surface area contributed by atoms with Gasteiger partial charge in [-0.2, -0.15) is 0 Å². The van der Waals surface area contributed by atoms with Gasteiger partial charge in [0.1, 0.15) is 0 Å². The number of fused-ring (bicyclic) bond motifs is 1. The molecule has 0 spiro atoms. The summed E-state index contributed by atoms with van der Waals surface area (Å²) in [5, 5.41) is 0. The number of ether oxygens (including phenoxy) is 2. The van der Waals surface area contributed by atoms with E-state index >= 15 is 0 Å². The van der Waals surface area contributed by atoms with E-state index in [1.54, 1.807) is 13.3 Å². The third kappa shape index (κ3) is 4.53. The number of hydrogen-bond donors (Lipinski definition) is 0. The number of rotatable bonds is 5. The normalized spacial score (nSPS) is 25.1. The number of piperidine rings is 1. The van der Waals surface area contributed by atoms with Crippen LogP contribution in [-0.4, -0.2) is 79.8 Å². The van der Waals surface area contributed by atoms with Gasteiger partial charge in [0.05, 0.1) is 25.7 Å². The monoisotopic (exact) mass is 333 g/mol. The third-order valence-electron chi connectivity index (χ3n) is 4.95. The van der Waals surface area contributed by atoms with Crippen molar-refractivity contribution < 1.29 is 14.3 Å². The van der Waals surface area contributed by atoms with Crippen molar-refractivity contribution in [3.8, 4) is 0 Å². The molecule has 2 aliphatic heterocycles. The second kappa shape index (κ2) is 8.55. The zero-order chi connectivity index (χ0) is 16.8. The molecule has 1 amide bonds. The van der Waals surface area contributed by atoms with Crippen molar-refractivity contribution in [1.29, 1.82) is 0 Å². The van der Waals surface area contributed by atoms with Gasteiger partial charge in [-0.15, -0.1) is 0 Å². The molecule has 3 heterocycles. The fourth-order valence-electron chi connectivity index (χ4n) is 3.54. The second-order valence-electron chi connectivity index (χ2n) is 6.59. The predicted molar refractivity (Wildman–Crippen MR) is 90.7 cm³/mol. The molecule has 2 atom stereocenters. The van der Waals surface area contributed by atoms with Crippen LogP contribution in [0.5, 0.6) is 0 Å². The zero-order valence-electron chi connectivity index (χ0n) is 14.4. The summed E-state index contributed by atoms with van der Waals surface area (Å²) in [4.78, 5) is 21.1. The lowest BCUT2D eigenvalue weighted by atomic mass is 9.93. The molecule has 6 nitrogen and oxygen atoms in total. The second-order valence-corrected chi connectivity index (χ2v) is 6.59. The summed E-state index contributed by atoms with van der Waals surface area (Å²) in [6, 6.07) is 5.69. The quantitative estimate of drug-likeness (QED) is 0.798. The van der Waals surface area contributed by atoms with E-state index in [0.29, 0.717) is 18.9 Å². The van der Waals surface area contributed by atoms with Gasteiger partial charge in [-0.25, -0.2) is 0 Å². The van der Waals surface area contributed by atoms with E-state index in [0.717, 1.165) is 51.5 Å². The van der Waals surface area contributed by atoms with Gasteiger partial charge in [0.2, 0.25) is 5.91 Å². The highest BCUT2D eigenvalue weighted by Gasteiger charge is 2.34. The number of hydrogen-bond acceptors (Lipinski definition) is 5. The van der Waals surface area contributed by atoms with E-state index in [2.05, 4.69) is 9.88 Å². The Labute approximate surface area is 143 Å². The van der Waals surface area contributed by atoms with Crippen LogP contribution < -0.4 is 0 Å². The van der Waals surface area contributed by atoms with E-state index in [9.17, 15) is 4.79 Å². The molecule has 0 N–H and O–H groups in total. The van der Waals surface area contributed by atoms with Crippen molar-refractivity contribution >= 4 is 5.91 Å². The van der Waals surface area contributed by atoms with Crippen molar-refractivity contribution in [2.75, 3.05) is 53.0 Å². The van der Waals surface area contributed by atoms with Gasteiger partial charge in [0, 0.05) is 57.6 Å². The molecule has 2 fully saturated rings. The van der Waals surface area contributed by atoms with Gasteiger partial charge in [-0.05, 0) is 18.6 Å². The summed E-state index contributed by atoms with van der Waals surface area (Å²) in [5.41, 5.74) is 0.831. The Hall–Kier alpha value is -1.50. The van der Waals surface area contributed by atoms with Crippen molar-refractivity contribution in [3.63, 3.8) is 0 Å². The number of amides is 1. The zero-order valence-corrected chi connectivity index (χ0v) is 14.4. The van der Waals surface area contributed by atoms with Crippen LogP contribution in [0.15, 0.2) is 24.4 Å². The highest BCUT2D eigenvalue weighted by Crippen LogP contribution is 2.24. The fraction of sp³-hybridized carbons (Fsp3) is 0.667. The average molecular weight is 333 g/mol. The van der Waals surface area contributed by atoms with Crippen LogP contribution in [0, 0.1) is 5.92 Å². The van der Waals surface area contributed by atoms with Crippen LogP contribution >= 0.6 is 0 Å². The highest BCUT2D eigenvalue weighted by atomic mass is 16.5. The number of carbonyl (C=O) groups is 1. The van der Waals surface area contributed by atoms with Crippen LogP contribution in [0.3, 0.4) is 0 Å². The standard InChI is InChI=1S/C18H27N3O3/c1-23-10-8-20-9-11-24-17-14-21(7-5-15(17)13-20)18(22)12-16-4-2-3-6-19-16/h2-4,6,15,17H,5,7-14H2,1H3/t15-,17-/m0/s1. The Morgan fingerprint density at radius 1 is 1.38 bits per heavy atom. The average Bonchev–Trinajstić information content (AvgIpc) is 2.82. The predicted octanol–water partition coefficient (Wildman–Crippen LogP) is 0.820. The van der Waals surface area contributed by atoms with Crippen LogP contribution in [0.4, 0.5) is 0 Å². The highest BCUT2D eigenvalue weighted by molar-refractivity contribution is 5.78. The minimum atomic E-state index is 0.149. The Morgan fingerprint density at radius 2 is 2.29 bits per heavy atom. The molecule has 2 saturated heterocycles. The summed E-state index contributed by atoms with van der Waals surface area (Å²) < 4.78 is 11.2. The molecule has 132 valence electrons. The molecule has 24 heavy (non-hydrogen) atoms. The van der Waals surface area contributed by atoms with E-state index in [4.69, 9.17) is 9.47 Å². The van der Waals surface area contributed by atoms with E-state index in [1.807, 2.05) is 23.1 Å². The molecule has 1 aromatic rings. The fourth-order valence-corrected chi connectivity index (χ4v) is 3.54. The van der Waals surface area contributed by atoms with Crippen LogP contribution in [0.2, 0.25) is 0 Å². The molecule has 1 aromatic heterocycles. The Kier molecular flexibility index (Phi) is 6.18. The summed E-state index contributed by atoms with van der Waals surface area (Å²) in [6.07, 6.45) is 3.26. The molecule has 0 radical (unpaired) electrons. The van der Waals surface area contributed by atoms with E-state index < -0.39 is 0 Å². The first-order chi connectivity index (χ1) is 11.8.